The van der Waals surface area contributed by atoms with Gasteiger partial charge in [0.15, 0.2) is 11.0 Å². The standard InChI is InChI=1S/C12H6N4O/c1-2-4-8-7(3-1)15-10-9-11(14-6-5-13-9)17-12(10)16-8/h1-6H. The molecule has 0 unspecified atom stereocenters. The van der Waals surface area contributed by atoms with Crippen LogP contribution in [0.25, 0.3) is 33.5 Å². The molecule has 80 valence electrons. The molecule has 17 heavy (non-hydrogen) atoms. The topological polar surface area (TPSA) is 64.7 Å². The first-order valence-corrected chi connectivity index (χ1v) is 5.18. The molecule has 4 aromatic rings. The molecule has 1 aromatic carbocycles. The molecule has 0 aliphatic rings. The Morgan fingerprint density at radius 1 is 0.765 bits per heavy atom. The second kappa shape index (κ2) is 2.98. The Morgan fingerprint density at radius 3 is 2.41 bits per heavy atom. The summed E-state index contributed by atoms with van der Waals surface area (Å²) in [7, 11) is 0. The van der Waals surface area contributed by atoms with Crippen LogP contribution in [0.1, 0.15) is 0 Å². The SMILES string of the molecule is c1ccc2nc3c(nc2c1)oc1nccnc13. The maximum atomic E-state index is 5.51. The molecule has 0 aliphatic carbocycles. The van der Waals surface area contributed by atoms with Crippen molar-refractivity contribution in [1.29, 1.82) is 0 Å². The highest BCUT2D eigenvalue weighted by Gasteiger charge is 2.12. The molecule has 0 atom stereocenters. The first kappa shape index (κ1) is 8.58. The zero-order valence-electron chi connectivity index (χ0n) is 8.66. The van der Waals surface area contributed by atoms with E-state index >= 15 is 0 Å². The smallest absolute Gasteiger partial charge is 0.250 e. The zero-order valence-corrected chi connectivity index (χ0v) is 8.66. The molecule has 0 bridgehead atoms. The summed E-state index contributed by atoms with van der Waals surface area (Å²) in [6.45, 7) is 0. The van der Waals surface area contributed by atoms with E-state index in [1.807, 2.05) is 24.3 Å². The van der Waals surface area contributed by atoms with E-state index in [1.54, 1.807) is 12.4 Å². The minimum absolute atomic E-state index is 0.470. The molecule has 3 aromatic heterocycles. The van der Waals surface area contributed by atoms with E-state index in [2.05, 4.69) is 19.9 Å². The van der Waals surface area contributed by atoms with Gasteiger partial charge in [-0.05, 0) is 12.1 Å². The molecule has 0 N–H and O–H groups in total. The highest BCUT2D eigenvalue weighted by Crippen LogP contribution is 2.24. The highest BCUT2D eigenvalue weighted by molar-refractivity contribution is 5.99. The Balaban J connectivity index is 2.28. The number of rotatable bonds is 0. The number of hydrogen-bond acceptors (Lipinski definition) is 5. The molecule has 5 heteroatoms. The molecular weight excluding hydrogens is 216 g/mol. The van der Waals surface area contributed by atoms with Gasteiger partial charge in [-0.2, -0.15) is 0 Å². The maximum Gasteiger partial charge on any atom is 0.250 e. The average molecular weight is 222 g/mol. The van der Waals surface area contributed by atoms with Gasteiger partial charge in [0.2, 0.25) is 11.4 Å². The van der Waals surface area contributed by atoms with Crippen LogP contribution in [0.15, 0.2) is 41.1 Å². The van der Waals surface area contributed by atoms with Gasteiger partial charge in [0, 0.05) is 12.4 Å². The summed E-state index contributed by atoms with van der Waals surface area (Å²) >= 11 is 0. The van der Waals surface area contributed by atoms with Gasteiger partial charge in [0.25, 0.3) is 0 Å². The lowest BCUT2D eigenvalue weighted by molar-refractivity contribution is 0.640. The Labute approximate surface area is 95.1 Å². The largest absolute Gasteiger partial charge is 0.416 e. The van der Waals surface area contributed by atoms with Gasteiger partial charge in [0.1, 0.15) is 0 Å². The summed E-state index contributed by atoms with van der Waals surface area (Å²) in [5.41, 5.74) is 3.89. The Bertz CT molecular complexity index is 847. The first-order chi connectivity index (χ1) is 8.42. The molecule has 0 aliphatic heterocycles. The normalized spacial score (nSPS) is 11.5. The summed E-state index contributed by atoms with van der Waals surface area (Å²) in [6, 6.07) is 7.66. The number of para-hydroxylation sites is 2. The van der Waals surface area contributed by atoms with Crippen LogP contribution >= 0.6 is 0 Å². The summed E-state index contributed by atoms with van der Waals surface area (Å²) in [6.07, 6.45) is 3.21. The van der Waals surface area contributed by atoms with Crippen LogP contribution in [0.2, 0.25) is 0 Å². The third-order valence-electron chi connectivity index (χ3n) is 2.62. The predicted molar refractivity (Wildman–Crippen MR) is 62.4 cm³/mol. The van der Waals surface area contributed by atoms with Crippen molar-refractivity contribution in [2.75, 3.05) is 0 Å². The molecule has 3 heterocycles. The molecule has 0 saturated heterocycles. The van der Waals surface area contributed by atoms with Crippen LogP contribution in [0, 0.1) is 0 Å². The van der Waals surface area contributed by atoms with Crippen LogP contribution in [0.4, 0.5) is 0 Å². The summed E-state index contributed by atoms with van der Waals surface area (Å²) < 4.78 is 5.51. The number of benzene rings is 1. The number of nitrogens with zero attached hydrogens (tertiary/aromatic N) is 4. The summed E-state index contributed by atoms with van der Waals surface area (Å²) in [4.78, 5) is 17.2. The second-order valence-corrected chi connectivity index (χ2v) is 3.68. The molecule has 0 saturated carbocycles. The molecule has 0 amide bonds. The molecule has 5 nitrogen and oxygen atoms in total. The van der Waals surface area contributed by atoms with E-state index in [9.17, 15) is 0 Å². The quantitative estimate of drug-likeness (QED) is 0.456. The van der Waals surface area contributed by atoms with Gasteiger partial charge in [-0.3, -0.25) is 0 Å². The molecule has 0 fully saturated rings. The van der Waals surface area contributed by atoms with E-state index in [1.165, 1.54) is 0 Å². The van der Waals surface area contributed by atoms with E-state index < -0.39 is 0 Å². The van der Waals surface area contributed by atoms with Crippen LogP contribution in [0.5, 0.6) is 0 Å². The molecule has 0 spiro atoms. The second-order valence-electron chi connectivity index (χ2n) is 3.68. The number of aromatic nitrogens is 4. The Kier molecular flexibility index (Phi) is 1.50. The van der Waals surface area contributed by atoms with Crippen LogP contribution in [-0.4, -0.2) is 19.9 Å². The minimum Gasteiger partial charge on any atom is -0.416 e. The van der Waals surface area contributed by atoms with E-state index in [4.69, 9.17) is 4.42 Å². The van der Waals surface area contributed by atoms with Crippen molar-refractivity contribution < 1.29 is 4.42 Å². The van der Waals surface area contributed by atoms with Gasteiger partial charge < -0.3 is 4.42 Å². The van der Waals surface area contributed by atoms with Crippen LogP contribution in [0.3, 0.4) is 0 Å². The van der Waals surface area contributed by atoms with E-state index in [-0.39, 0.29) is 0 Å². The Morgan fingerprint density at radius 2 is 1.53 bits per heavy atom. The van der Waals surface area contributed by atoms with E-state index in [0.717, 1.165) is 11.0 Å². The van der Waals surface area contributed by atoms with Gasteiger partial charge in [-0.25, -0.2) is 19.9 Å². The number of hydrogen-bond donors (Lipinski definition) is 0. The zero-order chi connectivity index (χ0) is 11.2. The fraction of sp³-hybridized carbons (Fsp3) is 0. The minimum atomic E-state index is 0.470. The molecular formula is C12H6N4O. The van der Waals surface area contributed by atoms with Gasteiger partial charge in [0.05, 0.1) is 11.0 Å². The Hall–Kier alpha value is -2.56. The van der Waals surface area contributed by atoms with Crippen LogP contribution < -0.4 is 0 Å². The lowest BCUT2D eigenvalue weighted by Gasteiger charge is -1.94. The van der Waals surface area contributed by atoms with Crippen molar-refractivity contribution >= 4 is 33.5 Å². The number of furan rings is 1. The first-order valence-electron chi connectivity index (χ1n) is 5.18. The summed E-state index contributed by atoms with van der Waals surface area (Å²) in [5, 5.41) is 0. The molecule has 4 rings (SSSR count). The van der Waals surface area contributed by atoms with Crippen molar-refractivity contribution in [3.05, 3.63) is 36.7 Å². The van der Waals surface area contributed by atoms with Crippen molar-refractivity contribution in [3.63, 3.8) is 0 Å². The van der Waals surface area contributed by atoms with Crippen molar-refractivity contribution in [2.45, 2.75) is 0 Å². The van der Waals surface area contributed by atoms with Crippen LogP contribution in [-0.2, 0) is 0 Å². The van der Waals surface area contributed by atoms with E-state index in [0.29, 0.717) is 22.5 Å². The molecule has 0 radical (unpaired) electrons. The number of fused-ring (bicyclic) bond motifs is 4. The predicted octanol–water partition coefficient (Wildman–Crippen LogP) is 2.32. The lowest BCUT2D eigenvalue weighted by atomic mass is 10.3. The fourth-order valence-corrected chi connectivity index (χ4v) is 1.86. The van der Waals surface area contributed by atoms with Crippen molar-refractivity contribution in [2.24, 2.45) is 0 Å². The van der Waals surface area contributed by atoms with Crippen molar-refractivity contribution in [3.8, 4) is 0 Å². The highest BCUT2D eigenvalue weighted by atomic mass is 16.3. The maximum absolute atomic E-state index is 5.51. The van der Waals surface area contributed by atoms with Gasteiger partial charge in [-0.1, -0.05) is 12.1 Å². The summed E-state index contributed by atoms with van der Waals surface area (Å²) in [5.74, 6) is 0. The van der Waals surface area contributed by atoms with Gasteiger partial charge >= 0.3 is 0 Å². The van der Waals surface area contributed by atoms with Crippen molar-refractivity contribution in [1.82, 2.24) is 19.9 Å². The third kappa shape index (κ3) is 1.13. The third-order valence-corrected chi connectivity index (χ3v) is 2.62. The average Bonchev–Trinajstić information content (AvgIpc) is 2.73. The monoisotopic (exact) mass is 222 g/mol. The lowest BCUT2D eigenvalue weighted by Crippen LogP contribution is -1.84. The van der Waals surface area contributed by atoms with Gasteiger partial charge in [-0.15, -0.1) is 0 Å². The fourth-order valence-electron chi connectivity index (χ4n) is 1.86.